The molecule has 1 aliphatic heterocycles. The molecule has 1 aromatic heterocycles. The molecule has 2 aliphatic rings. The molecule has 1 saturated heterocycles. The number of nitriles is 1. The lowest BCUT2D eigenvalue weighted by Gasteiger charge is -2.37. The zero-order valence-corrected chi connectivity index (χ0v) is 20.9. The highest BCUT2D eigenvalue weighted by Crippen LogP contribution is 2.33. The van der Waals surface area contributed by atoms with Crippen LogP contribution in [0.15, 0.2) is 48.5 Å². The number of amides is 1. The van der Waals surface area contributed by atoms with Crippen LogP contribution in [0.5, 0.6) is 0 Å². The van der Waals surface area contributed by atoms with Gasteiger partial charge in [0.2, 0.25) is 5.91 Å². The number of alkyl halides is 3. The van der Waals surface area contributed by atoms with Gasteiger partial charge in [-0.25, -0.2) is 9.97 Å². The first-order valence-corrected chi connectivity index (χ1v) is 13.0. The molecule has 1 N–H and O–H groups in total. The minimum Gasteiger partial charge on any atom is -0.368 e. The third kappa shape index (κ3) is 5.52. The number of halogens is 3. The first-order chi connectivity index (χ1) is 18.3. The fraction of sp³-hybridized carbons (Fsp3) is 0.429. The molecule has 3 aromatic rings. The molecular formula is C28H29F3N6O. The van der Waals surface area contributed by atoms with Crippen LogP contribution in [0, 0.1) is 11.3 Å². The molecule has 5 rings (SSSR count). The number of benzene rings is 2. The molecule has 38 heavy (non-hydrogen) atoms. The first-order valence-electron chi connectivity index (χ1n) is 13.0. The van der Waals surface area contributed by atoms with Gasteiger partial charge in [0.05, 0.1) is 22.7 Å². The Bertz CT molecular complexity index is 1340. The maximum atomic E-state index is 13.2. The normalized spacial score (nSPS) is 17.7. The second kappa shape index (κ2) is 10.9. The predicted molar refractivity (Wildman–Crippen MR) is 139 cm³/mol. The van der Waals surface area contributed by atoms with E-state index >= 15 is 0 Å². The van der Waals surface area contributed by atoms with Crippen LogP contribution in [-0.2, 0) is 11.0 Å². The van der Waals surface area contributed by atoms with Crippen LogP contribution in [-0.4, -0.2) is 48.1 Å². The first kappa shape index (κ1) is 25.8. The summed E-state index contributed by atoms with van der Waals surface area (Å²) in [5, 5.41) is 13.1. The molecule has 1 aliphatic carbocycles. The lowest BCUT2D eigenvalue weighted by molar-refractivity contribution is -0.137. The van der Waals surface area contributed by atoms with Gasteiger partial charge < -0.3 is 15.1 Å². The molecule has 7 nitrogen and oxygen atoms in total. The molecule has 1 saturated carbocycles. The van der Waals surface area contributed by atoms with Gasteiger partial charge in [-0.3, -0.25) is 4.79 Å². The maximum absolute atomic E-state index is 13.2. The Kier molecular flexibility index (Phi) is 7.36. The van der Waals surface area contributed by atoms with Gasteiger partial charge in [-0.1, -0.05) is 37.5 Å². The molecular weight excluding hydrogens is 493 g/mol. The van der Waals surface area contributed by atoms with E-state index < -0.39 is 17.7 Å². The Morgan fingerprint density at radius 1 is 0.947 bits per heavy atom. The number of hydrogen-bond donors (Lipinski definition) is 1. The van der Waals surface area contributed by atoms with Crippen molar-refractivity contribution in [2.75, 3.05) is 36.0 Å². The summed E-state index contributed by atoms with van der Waals surface area (Å²) in [7, 11) is 0. The Balaban J connectivity index is 1.40. The number of hydrogen-bond acceptors (Lipinski definition) is 6. The lowest BCUT2D eigenvalue weighted by atomic mass is 9.94. The van der Waals surface area contributed by atoms with E-state index in [1.807, 2.05) is 28.0 Å². The molecule has 0 unspecified atom stereocenters. The van der Waals surface area contributed by atoms with Gasteiger partial charge in [-0.15, -0.1) is 0 Å². The van der Waals surface area contributed by atoms with Crippen molar-refractivity contribution in [1.82, 2.24) is 15.3 Å². The monoisotopic (exact) mass is 522 g/mol. The van der Waals surface area contributed by atoms with E-state index in [2.05, 4.69) is 11.4 Å². The zero-order chi connectivity index (χ0) is 26.7. The van der Waals surface area contributed by atoms with Gasteiger partial charge in [0, 0.05) is 37.9 Å². The zero-order valence-electron chi connectivity index (χ0n) is 20.9. The number of carbonyl (C=O) groups is 1. The molecule has 2 aromatic carbocycles. The Morgan fingerprint density at radius 3 is 2.26 bits per heavy atom. The number of fused-ring (bicyclic) bond motifs is 1. The standard InChI is InChI=1S/C28H29F3N6O/c29-28(30,31)19-7-6-10-21(17-19)36-13-15-37(16-14-36)26-25(34-23-11-4-5-12-24(23)35-26)22(18-32)27(38)33-20-8-2-1-3-9-20/h4-7,10-12,17,20,22H,1-3,8-9,13-16H2,(H,33,38)/t22-/m1/s1. The third-order valence-electron chi connectivity index (χ3n) is 7.31. The summed E-state index contributed by atoms with van der Waals surface area (Å²) in [6, 6.07) is 14.8. The molecule has 10 heteroatoms. The molecule has 1 atom stereocenters. The minimum absolute atomic E-state index is 0.0555. The molecule has 0 spiro atoms. The number of rotatable bonds is 5. The molecule has 1 amide bonds. The number of anilines is 2. The Hall–Kier alpha value is -3.87. The van der Waals surface area contributed by atoms with Crippen molar-refractivity contribution in [3.05, 3.63) is 59.8 Å². The average Bonchev–Trinajstić information content (AvgIpc) is 2.93. The van der Waals surface area contributed by atoms with E-state index in [0.717, 1.165) is 44.2 Å². The van der Waals surface area contributed by atoms with Gasteiger partial charge in [0.15, 0.2) is 11.7 Å². The summed E-state index contributed by atoms with van der Waals surface area (Å²) >= 11 is 0. The van der Waals surface area contributed by atoms with Crippen LogP contribution in [0.2, 0.25) is 0 Å². The van der Waals surface area contributed by atoms with Gasteiger partial charge in [-0.2, -0.15) is 18.4 Å². The highest BCUT2D eigenvalue weighted by molar-refractivity contribution is 5.89. The molecule has 0 bridgehead atoms. The second-order valence-corrected chi connectivity index (χ2v) is 9.85. The summed E-state index contributed by atoms with van der Waals surface area (Å²) in [6.07, 6.45) is 0.659. The minimum atomic E-state index is -4.40. The lowest BCUT2D eigenvalue weighted by Crippen LogP contribution is -2.47. The van der Waals surface area contributed by atoms with E-state index in [4.69, 9.17) is 9.97 Å². The van der Waals surface area contributed by atoms with Crippen LogP contribution < -0.4 is 15.1 Å². The Morgan fingerprint density at radius 2 is 1.61 bits per heavy atom. The van der Waals surface area contributed by atoms with E-state index in [0.29, 0.717) is 54.4 Å². The number of nitrogens with one attached hydrogen (secondary N) is 1. The molecule has 2 heterocycles. The van der Waals surface area contributed by atoms with Crippen molar-refractivity contribution in [2.24, 2.45) is 0 Å². The highest BCUT2D eigenvalue weighted by atomic mass is 19.4. The SMILES string of the molecule is N#C[C@@H](C(=O)NC1CCCCC1)c1nc2ccccc2nc1N1CCN(c2cccc(C(F)(F)F)c2)CC1. The van der Waals surface area contributed by atoms with E-state index in [9.17, 15) is 23.2 Å². The smallest absolute Gasteiger partial charge is 0.368 e. The van der Waals surface area contributed by atoms with Crippen molar-refractivity contribution >= 4 is 28.4 Å². The van der Waals surface area contributed by atoms with Gasteiger partial charge >= 0.3 is 6.18 Å². The summed E-state index contributed by atoms with van der Waals surface area (Å²) in [5.74, 6) is -1.02. The van der Waals surface area contributed by atoms with Crippen LogP contribution in [0.1, 0.15) is 49.3 Å². The van der Waals surface area contributed by atoms with E-state index in [1.54, 1.807) is 12.1 Å². The van der Waals surface area contributed by atoms with Crippen LogP contribution in [0.3, 0.4) is 0 Å². The van der Waals surface area contributed by atoms with Crippen molar-refractivity contribution < 1.29 is 18.0 Å². The third-order valence-corrected chi connectivity index (χ3v) is 7.31. The second-order valence-electron chi connectivity index (χ2n) is 9.85. The van der Waals surface area contributed by atoms with E-state index in [-0.39, 0.29) is 11.9 Å². The van der Waals surface area contributed by atoms with Crippen LogP contribution in [0.25, 0.3) is 11.0 Å². The highest BCUT2D eigenvalue weighted by Gasteiger charge is 2.33. The van der Waals surface area contributed by atoms with Gasteiger partial charge in [-0.05, 0) is 43.2 Å². The summed E-state index contributed by atoms with van der Waals surface area (Å²) in [4.78, 5) is 26.6. The number of piperazine rings is 1. The number of carbonyl (C=O) groups excluding carboxylic acids is 1. The fourth-order valence-electron chi connectivity index (χ4n) is 5.26. The maximum Gasteiger partial charge on any atom is 0.416 e. The molecule has 0 radical (unpaired) electrons. The molecule has 198 valence electrons. The van der Waals surface area contributed by atoms with Crippen molar-refractivity contribution in [3.8, 4) is 6.07 Å². The quantitative estimate of drug-likeness (QED) is 0.506. The average molecular weight is 523 g/mol. The number of aromatic nitrogens is 2. The summed E-state index contributed by atoms with van der Waals surface area (Å²) in [5.41, 5.74) is 1.38. The van der Waals surface area contributed by atoms with Crippen molar-refractivity contribution in [2.45, 2.75) is 50.2 Å². The molecule has 2 fully saturated rings. The fourth-order valence-corrected chi connectivity index (χ4v) is 5.26. The summed E-state index contributed by atoms with van der Waals surface area (Å²) in [6.45, 7) is 1.83. The number of nitrogens with zero attached hydrogens (tertiary/aromatic N) is 5. The van der Waals surface area contributed by atoms with Crippen molar-refractivity contribution in [3.63, 3.8) is 0 Å². The predicted octanol–water partition coefficient (Wildman–Crippen LogP) is 5.03. The Labute approximate surface area is 219 Å². The van der Waals surface area contributed by atoms with Gasteiger partial charge in [0.1, 0.15) is 5.69 Å². The summed E-state index contributed by atoms with van der Waals surface area (Å²) < 4.78 is 39.6. The van der Waals surface area contributed by atoms with Crippen LogP contribution >= 0.6 is 0 Å². The van der Waals surface area contributed by atoms with Gasteiger partial charge in [0.25, 0.3) is 0 Å². The van der Waals surface area contributed by atoms with Crippen molar-refractivity contribution in [1.29, 1.82) is 5.26 Å². The largest absolute Gasteiger partial charge is 0.416 e. The van der Waals surface area contributed by atoms with Crippen LogP contribution in [0.4, 0.5) is 24.7 Å². The van der Waals surface area contributed by atoms with E-state index in [1.165, 1.54) is 6.07 Å². The number of para-hydroxylation sites is 2. The topological polar surface area (TPSA) is 85.1 Å².